The molecule has 200 valence electrons. The zero-order chi connectivity index (χ0) is 28.1. The fourth-order valence-electron chi connectivity index (χ4n) is 4.69. The Morgan fingerprint density at radius 3 is 1.88 bits per heavy atom. The maximum absolute atomic E-state index is 14.0. The van der Waals surface area contributed by atoms with E-state index in [0.717, 1.165) is 10.5 Å². The van der Waals surface area contributed by atoms with Crippen molar-refractivity contribution in [2.75, 3.05) is 7.11 Å². The van der Waals surface area contributed by atoms with Gasteiger partial charge in [0, 0.05) is 6.42 Å². The van der Waals surface area contributed by atoms with Gasteiger partial charge in [-0.05, 0) is 59.7 Å². The molecular weight excluding hydrogens is 510 g/mol. The Kier molecular flexibility index (Phi) is 7.41. The Labute approximate surface area is 230 Å². The predicted molar refractivity (Wildman–Crippen MR) is 145 cm³/mol. The number of nitrogens with zero attached hydrogens (tertiary/aromatic N) is 1. The number of amides is 2. The Morgan fingerprint density at radius 1 is 0.750 bits per heavy atom. The quantitative estimate of drug-likeness (QED) is 0.122. The van der Waals surface area contributed by atoms with E-state index >= 15 is 0 Å². The standard InChI is InChI=1S/C32H25NO7/c1-38-24-13-11-23(12-14-24)32(19-20-34,33-29(35)27-9-5-6-10-28(27)30(33)36)31(37)40-26-17-15-25(16-18-26)39-21-22-7-3-2-4-8-22/h2-18,20H,19,21H2,1H3. The molecule has 0 radical (unpaired) electrons. The van der Waals surface area contributed by atoms with E-state index in [4.69, 9.17) is 14.2 Å². The van der Waals surface area contributed by atoms with E-state index in [1.165, 1.54) is 31.4 Å². The molecule has 1 heterocycles. The highest BCUT2D eigenvalue weighted by molar-refractivity contribution is 6.23. The van der Waals surface area contributed by atoms with Crippen LogP contribution in [0.15, 0.2) is 103 Å². The molecule has 2 amide bonds. The number of imide groups is 1. The van der Waals surface area contributed by atoms with Crippen molar-refractivity contribution in [2.24, 2.45) is 0 Å². The van der Waals surface area contributed by atoms with E-state index in [1.54, 1.807) is 48.5 Å². The molecule has 8 heteroatoms. The van der Waals surface area contributed by atoms with Crippen LogP contribution in [0.4, 0.5) is 0 Å². The summed E-state index contributed by atoms with van der Waals surface area (Å²) in [5.74, 6) is -1.15. The third-order valence-electron chi connectivity index (χ3n) is 6.74. The van der Waals surface area contributed by atoms with Crippen LogP contribution in [0.3, 0.4) is 0 Å². The molecule has 1 aliphatic rings. The highest BCUT2D eigenvalue weighted by Gasteiger charge is 2.56. The van der Waals surface area contributed by atoms with Crippen LogP contribution in [-0.2, 0) is 21.7 Å². The van der Waals surface area contributed by atoms with Crippen LogP contribution in [0.25, 0.3) is 0 Å². The average Bonchev–Trinajstić information content (AvgIpc) is 3.26. The van der Waals surface area contributed by atoms with Crippen LogP contribution in [0.2, 0.25) is 0 Å². The smallest absolute Gasteiger partial charge is 0.343 e. The summed E-state index contributed by atoms with van der Waals surface area (Å²) in [5.41, 5.74) is -0.559. The Balaban J connectivity index is 1.48. The van der Waals surface area contributed by atoms with Crippen molar-refractivity contribution >= 4 is 24.1 Å². The molecule has 0 aliphatic carbocycles. The van der Waals surface area contributed by atoms with Gasteiger partial charge in [0.25, 0.3) is 11.8 Å². The number of hydrogen-bond acceptors (Lipinski definition) is 7. The molecule has 0 saturated heterocycles. The second kappa shape index (κ2) is 11.2. The normalized spacial score (nSPS) is 13.8. The molecule has 1 aliphatic heterocycles. The lowest BCUT2D eigenvalue weighted by molar-refractivity contribution is -0.147. The van der Waals surface area contributed by atoms with Crippen molar-refractivity contribution in [3.63, 3.8) is 0 Å². The predicted octanol–water partition coefficient (Wildman–Crippen LogP) is 4.96. The minimum Gasteiger partial charge on any atom is -0.497 e. The molecule has 4 aromatic carbocycles. The van der Waals surface area contributed by atoms with Gasteiger partial charge < -0.3 is 19.0 Å². The first kappa shape index (κ1) is 26.4. The lowest BCUT2D eigenvalue weighted by atomic mass is 9.84. The van der Waals surface area contributed by atoms with Gasteiger partial charge >= 0.3 is 5.97 Å². The van der Waals surface area contributed by atoms with Gasteiger partial charge in [0.05, 0.1) is 18.2 Å². The van der Waals surface area contributed by atoms with Gasteiger partial charge in [0.1, 0.15) is 30.1 Å². The number of aldehydes is 1. The molecule has 0 aromatic heterocycles. The van der Waals surface area contributed by atoms with Crippen LogP contribution in [-0.4, -0.2) is 36.1 Å². The largest absolute Gasteiger partial charge is 0.497 e. The molecule has 8 nitrogen and oxygen atoms in total. The van der Waals surface area contributed by atoms with Gasteiger partial charge in [-0.1, -0.05) is 54.6 Å². The molecule has 1 atom stereocenters. The van der Waals surface area contributed by atoms with Gasteiger partial charge in [-0.15, -0.1) is 0 Å². The van der Waals surface area contributed by atoms with Crippen molar-refractivity contribution in [3.05, 3.63) is 125 Å². The summed E-state index contributed by atoms with van der Waals surface area (Å²) >= 11 is 0. The molecule has 0 saturated carbocycles. The molecule has 0 N–H and O–H groups in total. The van der Waals surface area contributed by atoms with E-state index in [1.807, 2.05) is 30.3 Å². The number of benzene rings is 4. The average molecular weight is 536 g/mol. The Hall–Kier alpha value is -5.24. The molecule has 4 aromatic rings. The summed E-state index contributed by atoms with van der Waals surface area (Å²) in [5, 5.41) is 0. The van der Waals surface area contributed by atoms with Crippen molar-refractivity contribution < 1.29 is 33.4 Å². The minimum atomic E-state index is -2.07. The first-order valence-electron chi connectivity index (χ1n) is 12.5. The third kappa shape index (κ3) is 4.82. The van der Waals surface area contributed by atoms with Crippen LogP contribution >= 0.6 is 0 Å². The summed E-state index contributed by atoms with van der Waals surface area (Å²) in [7, 11) is 1.49. The number of rotatable bonds is 10. The third-order valence-corrected chi connectivity index (χ3v) is 6.74. The van der Waals surface area contributed by atoms with E-state index in [0.29, 0.717) is 24.4 Å². The topological polar surface area (TPSA) is 99.2 Å². The summed E-state index contributed by atoms with van der Waals surface area (Å²) in [6.45, 7) is 0.361. The first-order chi connectivity index (χ1) is 19.5. The fourth-order valence-corrected chi connectivity index (χ4v) is 4.69. The molecule has 1 unspecified atom stereocenters. The van der Waals surface area contributed by atoms with Crippen molar-refractivity contribution in [1.29, 1.82) is 0 Å². The zero-order valence-corrected chi connectivity index (χ0v) is 21.6. The second-order valence-corrected chi connectivity index (χ2v) is 9.09. The lowest BCUT2D eigenvalue weighted by Gasteiger charge is -2.37. The van der Waals surface area contributed by atoms with Gasteiger partial charge in [0.2, 0.25) is 0 Å². The summed E-state index contributed by atoms with van der Waals surface area (Å²) < 4.78 is 16.8. The maximum Gasteiger partial charge on any atom is 0.343 e. The molecule has 0 fully saturated rings. The van der Waals surface area contributed by atoms with Crippen LogP contribution < -0.4 is 14.2 Å². The summed E-state index contributed by atoms with van der Waals surface area (Å²) in [6.07, 6.45) is -0.0164. The molecule has 0 spiro atoms. The second-order valence-electron chi connectivity index (χ2n) is 9.09. The van der Waals surface area contributed by atoms with Crippen LogP contribution in [0.1, 0.15) is 38.3 Å². The van der Waals surface area contributed by atoms with E-state index < -0.39 is 29.7 Å². The Morgan fingerprint density at radius 2 is 1.30 bits per heavy atom. The number of carbonyl (C=O) groups excluding carboxylic acids is 4. The molecule has 5 rings (SSSR count). The fraction of sp³-hybridized carbons (Fsp3) is 0.125. The number of fused-ring (bicyclic) bond motifs is 1. The molecular formula is C32H25NO7. The van der Waals surface area contributed by atoms with Crippen LogP contribution in [0.5, 0.6) is 17.2 Å². The van der Waals surface area contributed by atoms with Crippen LogP contribution in [0, 0.1) is 0 Å². The molecule has 0 bridgehead atoms. The zero-order valence-electron chi connectivity index (χ0n) is 21.6. The first-order valence-corrected chi connectivity index (χ1v) is 12.5. The maximum atomic E-state index is 14.0. The van der Waals surface area contributed by atoms with Crippen molar-refractivity contribution in [3.8, 4) is 17.2 Å². The van der Waals surface area contributed by atoms with E-state index in [9.17, 15) is 19.2 Å². The Bertz CT molecular complexity index is 1510. The van der Waals surface area contributed by atoms with Crippen molar-refractivity contribution in [2.45, 2.75) is 18.6 Å². The molecule has 40 heavy (non-hydrogen) atoms. The summed E-state index contributed by atoms with van der Waals surface area (Å²) in [6, 6.07) is 28.5. The van der Waals surface area contributed by atoms with Crippen molar-refractivity contribution in [1.82, 2.24) is 4.90 Å². The summed E-state index contributed by atoms with van der Waals surface area (Å²) in [4.78, 5) is 54.0. The lowest BCUT2D eigenvalue weighted by Crippen LogP contribution is -2.56. The highest BCUT2D eigenvalue weighted by atomic mass is 16.5. The highest BCUT2D eigenvalue weighted by Crippen LogP contribution is 2.40. The number of hydrogen-bond donors (Lipinski definition) is 0. The van der Waals surface area contributed by atoms with E-state index in [-0.39, 0.29) is 22.4 Å². The van der Waals surface area contributed by atoms with Gasteiger partial charge in [-0.2, -0.15) is 0 Å². The monoisotopic (exact) mass is 535 g/mol. The SMILES string of the molecule is COc1ccc(C(CC=O)(C(=O)Oc2ccc(OCc3ccccc3)cc2)N2C(=O)c3ccccc3C2=O)cc1. The van der Waals surface area contributed by atoms with E-state index in [2.05, 4.69) is 0 Å². The number of esters is 1. The van der Waals surface area contributed by atoms with Gasteiger partial charge in [0.15, 0.2) is 5.54 Å². The number of methoxy groups -OCH3 is 1. The number of carbonyl (C=O) groups is 4. The van der Waals surface area contributed by atoms with Gasteiger partial charge in [-0.25, -0.2) is 4.79 Å². The van der Waals surface area contributed by atoms with Gasteiger partial charge in [-0.3, -0.25) is 14.5 Å². The minimum absolute atomic E-state index is 0.143. The number of ether oxygens (including phenoxy) is 3.